The third kappa shape index (κ3) is 3.88. The van der Waals surface area contributed by atoms with Crippen LogP contribution < -0.4 is 10.6 Å². The van der Waals surface area contributed by atoms with Crippen LogP contribution in [0, 0.1) is 11.8 Å². The fourth-order valence-corrected chi connectivity index (χ4v) is 8.49. The van der Waals surface area contributed by atoms with Crippen molar-refractivity contribution in [1.82, 2.24) is 25.2 Å². The summed E-state index contributed by atoms with van der Waals surface area (Å²) in [7, 11) is 0. The number of rotatable bonds is 8. The van der Waals surface area contributed by atoms with Gasteiger partial charge in [-0.05, 0) is 43.5 Å². The summed E-state index contributed by atoms with van der Waals surface area (Å²) in [6.07, 6.45) is 1.82. The topological polar surface area (TPSA) is 129 Å². The Balaban J connectivity index is 1.27. The van der Waals surface area contributed by atoms with E-state index in [1.54, 1.807) is 21.3 Å². The van der Waals surface area contributed by atoms with E-state index in [-0.39, 0.29) is 42.8 Å². The Hall–Kier alpha value is -3.44. The van der Waals surface area contributed by atoms with E-state index in [2.05, 4.69) is 20.9 Å². The van der Waals surface area contributed by atoms with Crippen molar-refractivity contribution >= 4 is 46.2 Å². The lowest BCUT2D eigenvalue weighted by molar-refractivity contribution is -0.139. The molecule has 11 heteroatoms. The average Bonchev–Trinajstić information content (AvgIpc) is 3.66. The molecule has 6 rings (SSSR count). The van der Waals surface area contributed by atoms with Gasteiger partial charge in [0.05, 0.1) is 22.1 Å². The van der Waals surface area contributed by atoms with Gasteiger partial charge in [-0.1, -0.05) is 35.5 Å². The summed E-state index contributed by atoms with van der Waals surface area (Å²) in [5.74, 6) is -1.73. The minimum absolute atomic E-state index is 0.0211. The van der Waals surface area contributed by atoms with E-state index in [0.717, 1.165) is 17.5 Å². The quantitative estimate of drug-likeness (QED) is 0.412. The molecule has 2 bridgehead atoms. The molecule has 5 atom stereocenters. The molecular formula is C26H28N6O4S. The van der Waals surface area contributed by atoms with E-state index in [0.29, 0.717) is 18.5 Å². The van der Waals surface area contributed by atoms with Crippen LogP contribution in [0.4, 0.5) is 5.69 Å². The van der Waals surface area contributed by atoms with Crippen LogP contribution in [0.1, 0.15) is 19.3 Å². The second-order valence-corrected chi connectivity index (χ2v) is 11.4. The van der Waals surface area contributed by atoms with Crippen molar-refractivity contribution in [2.75, 3.05) is 18.5 Å². The molecule has 0 saturated carbocycles. The number of anilines is 1. The molecule has 3 aromatic rings. The maximum absolute atomic E-state index is 13.8. The highest BCUT2D eigenvalue weighted by Gasteiger charge is 2.73. The van der Waals surface area contributed by atoms with Crippen molar-refractivity contribution in [3.05, 3.63) is 54.6 Å². The fourth-order valence-electron chi connectivity index (χ4n) is 6.27. The highest BCUT2D eigenvalue weighted by Crippen LogP contribution is 2.66. The molecule has 2 aromatic carbocycles. The van der Waals surface area contributed by atoms with E-state index in [1.165, 1.54) is 0 Å². The summed E-state index contributed by atoms with van der Waals surface area (Å²) in [5, 5.41) is 23.7. The Labute approximate surface area is 217 Å². The first-order chi connectivity index (χ1) is 18.0. The predicted octanol–water partition coefficient (Wildman–Crippen LogP) is 1.62. The third-order valence-electron chi connectivity index (χ3n) is 7.77. The molecule has 37 heavy (non-hydrogen) atoms. The molecule has 192 valence electrons. The van der Waals surface area contributed by atoms with E-state index in [1.807, 2.05) is 54.6 Å². The Morgan fingerprint density at radius 2 is 1.89 bits per heavy atom. The number of hydrogen-bond donors (Lipinski definition) is 3. The van der Waals surface area contributed by atoms with Crippen LogP contribution in [0.3, 0.4) is 0 Å². The van der Waals surface area contributed by atoms with Gasteiger partial charge in [0, 0.05) is 24.1 Å². The first-order valence-electron chi connectivity index (χ1n) is 12.5. The lowest BCUT2D eigenvalue weighted by Gasteiger charge is -2.34. The van der Waals surface area contributed by atoms with Gasteiger partial charge in [-0.25, -0.2) is 4.68 Å². The van der Waals surface area contributed by atoms with Gasteiger partial charge < -0.3 is 20.6 Å². The van der Waals surface area contributed by atoms with Crippen molar-refractivity contribution in [2.24, 2.45) is 11.8 Å². The lowest BCUT2D eigenvalue weighted by atomic mass is 9.70. The van der Waals surface area contributed by atoms with Gasteiger partial charge in [-0.15, -0.1) is 16.9 Å². The molecule has 3 N–H and O–H groups in total. The second-order valence-electron chi connectivity index (χ2n) is 9.80. The molecular weight excluding hydrogens is 492 g/mol. The Kier molecular flexibility index (Phi) is 6.12. The van der Waals surface area contributed by atoms with Crippen molar-refractivity contribution < 1.29 is 19.5 Å². The number of nitrogens with one attached hydrogen (secondary N) is 2. The molecule has 0 radical (unpaired) electrons. The SMILES string of the molecule is O=C(NCn1nnc2ccccc21)C1N(CCCO)C(=O)[C@@H]2[C@@H](C(=O)Nc3ccccc3)[C@H]3CCC12S3. The van der Waals surface area contributed by atoms with Crippen LogP contribution in [-0.4, -0.2) is 71.9 Å². The van der Waals surface area contributed by atoms with Gasteiger partial charge in [0.2, 0.25) is 17.7 Å². The smallest absolute Gasteiger partial charge is 0.245 e. The number of benzene rings is 2. The number of aliphatic hydroxyl groups excluding tert-OH is 1. The Morgan fingerprint density at radius 3 is 2.70 bits per heavy atom. The Morgan fingerprint density at radius 1 is 1.11 bits per heavy atom. The van der Waals surface area contributed by atoms with Gasteiger partial charge >= 0.3 is 0 Å². The number of carbonyl (C=O) groups is 3. The number of likely N-dealkylation sites (tertiary alicyclic amines) is 1. The first-order valence-corrected chi connectivity index (χ1v) is 13.4. The molecule has 3 aliphatic rings. The zero-order valence-corrected chi connectivity index (χ0v) is 20.9. The maximum atomic E-state index is 13.8. The second kappa shape index (κ2) is 9.46. The highest BCUT2D eigenvalue weighted by molar-refractivity contribution is 8.02. The standard InChI is InChI=1S/C26H28N6O4S/c33-14-6-13-31-22(24(35)27-15-32-18-10-5-4-9-17(18)29-30-32)26-12-11-19(37-26)20(21(26)25(31)36)23(34)28-16-7-2-1-3-8-16/h1-5,7-10,19-22,33H,6,11-15H2,(H,27,35)(H,28,34)/t19-,20+,21+,22?,26?/m1/s1. The molecule has 10 nitrogen and oxygen atoms in total. The number of thioether (sulfide) groups is 1. The summed E-state index contributed by atoms with van der Waals surface area (Å²) < 4.78 is 0.941. The normalized spacial score (nSPS) is 28.0. The first kappa shape index (κ1) is 23.9. The number of fused-ring (bicyclic) bond motifs is 2. The molecule has 2 unspecified atom stereocenters. The molecule has 0 aliphatic carbocycles. The number of para-hydroxylation sites is 2. The van der Waals surface area contributed by atoms with Crippen molar-refractivity contribution in [3.8, 4) is 0 Å². The van der Waals surface area contributed by atoms with Crippen LogP contribution in [0.2, 0.25) is 0 Å². The number of carbonyl (C=O) groups excluding carboxylic acids is 3. The predicted molar refractivity (Wildman–Crippen MR) is 138 cm³/mol. The summed E-state index contributed by atoms with van der Waals surface area (Å²) in [5.41, 5.74) is 2.21. The van der Waals surface area contributed by atoms with E-state index >= 15 is 0 Å². The van der Waals surface area contributed by atoms with Gasteiger partial charge in [-0.3, -0.25) is 14.4 Å². The van der Waals surface area contributed by atoms with E-state index in [4.69, 9.17) is 0 Å². The number of nitrogens with zero attached hydrogens (tertiary/aromatic N) is 4. The zero-order chi connectivity index (χ0) is 25.6. The van der Waals surface area contributed by atoms with Gasteiger partial charge in [-0.2, -0.15) is 0 Å². The number of hydrogen-bond acceptors (Lipinski definition) is 7. The van der Waals surface area contributed by atoms with Crippen LogP contribution in [0.15, 0.2) is 54.6 Å². The van der Waals surface area contributed by atoms with Crippen molar-refractivity contribution in [1.29, 1.82) is 0 Å². The van der Waals surface area contributed by atoms with Crippen LogP contribution in [-0.2, 0) is 21.1 Å². The van der Waals surface area contributed by atoms with Crippen molar-refractivity contribution in [2.45, 2.75) is 42.0 Å². The van der Waals surface area contributed by atoms with Gasteiger partial charge in [0.1, 0.15) is 18.2 Å². The summed E-state index contributed by atoms with van der Waals surface area (Å²) in [6.45, 7) is 0.287. The van der Waals surface area contributed by atoms with E-state index < -0.39 is 22.6 Å². The molecule has 1 aromatic heterocycles. The molecule has 3 fully saturated rings. The number of aliphatic hydroxyl groups is 1. The fraction of sp³-hybridized carbons (Fsp3) is 0.423. The molecule has 3 amide bonds. The average molecular weight is 521 g/mol. The van der Waals surface area contributed by atoms with Gasteiger partial charge in [0.15, 0.2) is 0 Å². The minimum atomic E-state index is -0.726. The third-order valence-corrected chi connectivity index (χ3v) is 9.72. The van der Waals surface area contributed by atoms with E-state index in [9.17, 15) is 19.5 Å². The number of aromatic nitrogens is 3. The Bertz CT molecular complexity index is 1350. The summed E-state index contributed by atoms with van der Waals surface area (Å²) in [6, 6.07) is 16.0. The van der Waals surface area contributed by atoms with Crippen LogP contribution in [0.25, 0.3) is 11.0 Å². The summed E-state index contributed by atoms with van der Waals surface area (Å²) in [4.78, 5) is 42.6. The molecule has 3 aliphatic heterocycles. The summed E-state index contributed by atoms with van der Waals surface area (Å²) >= 11 is 1.62. The lowest BCUT2D eigenvalue weighted by Crippen LogP contribution is -2.54. The van der Waals surface area contributed by atoms with Crippen LogP contribution in [0.5, 0.6) is 0 Å². The monoisotopic (exact) mass is 520 g/mol. The minimum Gasteiger partial charge on any atom is -0.396 e. The van der Waals surface area contributed by atoms with Crippen LogP contribution >= 0.6 is 11.8 Å². The van der Waals surface area contributed by atoms with Crippen molar-refractivity contribution in [3.63, 3.8) is 0 Å². The largest absolute Gasteiger partial charge is 0.396 e. The zero-order valence-electron chi connectivity index (χ0n) is 20.1. The molecule has 4 heterocycles. The number of amides is 3. The maximum Gasteiger partial charge on any atom is 0.245 e. The molecule has 3 saturated heterocycles. The molecule has 1 spiro atoms. The highest BCUT2D eigenvalue weighted by atomic mass is 32.2. The van der Waals surface area contributed by atoms with Gasteiger partial charge in [0.25, 0.3) is 0 Å².